The molecule has 3 N–H and O–H groups in total. The highest BCUT2D eigenvalue weighted by molar-refractivity contribution is 5.78. The molecule has 0 unspecified atom stereocenters. The number of rotatable bonds is 5. The van der Waals surface area contributed by atoms with Crippen LogP contribution in [0.2, 0.25) is 0 Å². The second kappa shape index (κ2) is 5.83. The third kappa shape index (κ3) is 3.12. The Hall–Kier alpha value is -1.55. The smallest absolute Gasteiger partial charge is 0.108 e. The van der Waals surface area contributed by atoms with Crippen LogP contribution in [0.15, 0.2) is 18.2 Å². The van der Waals surface area contributed by atoms with Crippen LogP contribution in [0.25, 0.3) is 11.0 Å². The van der Waals surface area contributed by atoms with Crippen molar-refractivity contribution in [2.24, 2.45) is 5.92 Å². The van der Waals surface area contributed by atoms with Crippen molar-refractivity contribution in [1.82, 2.24) is 14.9 Å². The van der Waals surface area contributed by atoms with Gasteiger partial charge in [0.05, 0.1) is 11.0 Å². The van der Waals surface area contributed by atoms with Gasteiger partial charge in [0, 0.05) is 25.2 Å². The molecular formula is C16H24N4. The Labute approximate surface area is 120 Å². The predicted octanol–water partition coefficient (Wildman–Crippen LogP) is 2.81. The molecule has 0 aliphatic heterocycles. The van der Waals surface area contributed by atoms with Gasteiger partial charge in [0.15, 0.2) is 0 Å². The lowest BCUT2D eigenvalue weighted by atomic mass is 10.1. The van der Waals surface area contributed by atoms with E-state index in [-0.39, 0.29) is 0 Å². The third-order valence-electron chi connectivity index (χ3n) is 4.33. The molecule has 1 aliphatic carbocycles. The van der Waals surface area contributed by atoms with E-state index >= 15 is 0 Å². The molecule has 0 saturated heterocycles. The van der Waals surface area contributed by atoms with Crippen LogP contribution in [-0.2, 0) is 6.42 Å². The number of anilines is 1. The fourth-order valence-electron chi connectivity index (χ4n) is 3.22. The lowest BCUT2D eigenvalue weighted by molar-refractivity contribution is 0.280. The van der Waals surface area contributed by atoms with Gasteiger partial charge in [-0.1, -0.05) is 12.8 Å². The average molecular weight is 272 g/mol. The van der Waals surface area contributed by atoms with E-state index in [1.54, 1.807) is 0 Å². The molecule has 1 aromatic carbocycles. The Morgan fingerprint density at radius 3 is 2.95 bits per heavy atom. The molecule has 4 heteroatoms. The normalized spacial score (nSPS) is 16.5. The molecule has 1 aromatic heterocycles. The summed E-state index contributed by atoms with van der Waals surface area (Å²) in [7, 11) is 2.22. The number of H-pyrrole nitrogens is 1. The summed E-state index contributed by atoms with van der Waals surface area (Å²) in [5.41, 5.74) is 8.62. The number of hydrogen-bond acceptors (Lipinski definition) is 3. The Kier molecular flexibility index (Phi) is 3.92. The monoisotopic (exact) mass is 272 g/mol. The molecule has 1 saturated carbocycles. The summed E-state index contributed by atoms with van der Waals surface area (Å²) < 4.78 is 0. The first-order valence-electron chi connectivity index (χ1n) is 7.63. The highest BCUT2D eigenvalue weighted by Crippen LogP contribution is 2.25. The van der Waals surface area contributed by atoms with Gasteiger partial charge in [0.2, 0.25) is 0 Å². The fourth-order valence-corrected chi connectivity index (χ4v) is 3.22. The first-order chi connectivity index (χ1) is 9.70. The molecule has 1 fully saturated rings. The van der Waals surface area contributed by atoms with Gasteiger partial charge in [-0.25, -0.2) is 4.98 Å². The second-order valence-corrected chi connectivity index (χ2v) is 6.12. The van der Waals surface area contributed by atoms with Crippen LogP contribution >= 0.6 is 0 Å². The van der Waals surface area contributed by atoms with E-state index in [9.17, 15) is 0 Å². The molecule has 0 bridgehead atoms. The summed E-state index contributed by atoms with van der Waals surface area (Å²) in [6.45, 7) is 2.29. The molecule has 1 aliphatic rings. The summed E-state index contributed by atoms with van der Waals surface area (Å²) in [4.78, 5) is 10.4. The molecule has 0 radical (unpaired) electrons. The number of hydrogen-bond donors (Lipinski definition) is 2. The molecule has 20 heavy (non-hydrogen) atoms. The van der Waals surface area contributed by atoms with Crippen molar-refractivity contribution < 1.29 is 0 Å². The Balaban J connectivity index is 1.56. The number of benzene rings is 1. The number of nitrogens with one attached hydrogen (secondary N) is 1. The quantitative estimate of drug-likeness (QED) is 0.823. The molecular weight excluding hydrogens is 248 g/mol. The highest BCUT2D eigenvalue weighted by Gasteiger charge is 2.16. The minimum absolute atomic E-state index is 0.783. The van der Waals surface area contributed by atoms with Crippen LogP contribution in [0.5, 0.6) is 0 Å². The standard InChI is InChI=1S/C16H24N4/c1-20(11-12-4-2-3-5-12)9-8-16-18-14-7-6-13(17)10-15(14)19-16/h6-7,10,12H,2-5,8-9,11,17H2,1H3,(H,18,19). The van der Waals surface area contributed by atoms with Gasteiger partial charge in [0.25, 0.3) is 0 Å². The Bertz CT molecular complexity index is 569. The molecule has 0 amide bonds. The zero-order chi connectivity index (χ0) is 13.9. The number of nitrogens with two attached hydrogens (primary N) is 1. The molecule has 0 spiro atoms. The molecule has 108 valence electrons. The highest BCUT2D eigenvalue weighted by atomic mass is 15.1. The van der Waals surface area contributed by atoms with E-state index in [4.69, 9.17) is 5.73 Å². The van der Waals surface area contributed by atoms with E-state index in [2.05, 4.69) is 21.9 Å². The van der Waals surface area contributed by atoms with Gasteiger partial charge in [-0.15, -0.1) is 0 Å². The SMILES string of the molecule is CN(CCc1nc2ccc(N)cc2[nH]1)CC1CCCC1. The first-order valence-corrected chi connectivity index (χ1v) is 7.63. The number of aromatic nitrogens is 2. The van der Waals surface area contributed by atoms with Gasteiger partial charge in [-0.2, -0.15) is 0 Å². The Morgan fingerprint density at radius 2 is 2.15 bits per heavy atom. The fraction of sp³-hybridized carbons (Fsp3) is 0.562. The summed E-state index contributed by atoms with van der Waals surface area (Å²) in [6.07, 6.45) is 6.63. The van der Waals surface area contributed by atoms with Crippen LogP contribution < -0.4 is 5.73 Å². The van der Waals surface area contributed by atoms with Crippen molar-refractivity contribution in [1.29, 1.82) is 0 Å². The van der Waals surface area contributed by atoms with Crippen molar-refractivity contribution in [3.8, 4) is 0 Å². The molecule has 4 nitrogen and oxygen atoms in total. The number of nitrogen functional groups attached to an aromatic ring is 1. The molecule has 2 aromatic rings. The second-order valence-electron chi connectivity index (χ2n) is 6.12. The van der Waals surface area contributed by atoms with Gasteiger partial charge >= 0.3 is 0 Å². The van der Waals surface area contributed by atoms with Crippen molar-refractivity contribution in [3.63, 3.8) is 0 Å². The summed E-state index contributed by atoms with van der Waals surface area (Å²) in [5.74, 6) is 1.97. The Morgan fingerprint density at radius 1 is 1.35 bits per heavy atom. The maximum absolute atomic E-state index is 5.79. The summed E-state index contributed by atoms with van der Waals surface area (Å²) in [6, 6.07) is 5.83. The molecule has 3 rings (SSSR count). The van der Waals surface area contributed by atoms with E-state index in [0.29, 0.717) is 0 Å². The maximum atomic E-state index is 5.79. The van der Waals surface area contributed by atoms with E-state index in [1.807, 2.05) is 18.2 Å². The molecule has 0 atom stereocenters. The van der Waals surface area contributed by atoms with Gasteiger partial charge in [0.1, 0.15) is 5.82 Å². The van der Waals surface area contributed by atoms with Crippen LogP contribution in [0.3, 0.4) is 0 Å². The summed E-state index contributed by atoms with van der Waals surface area (Å²) >= 11 is 0. The van der Waals surface area contributed by atoms with E-state index < -0.39 is 0 Å². The lowest BCUT2D eigenvalue weighted by Gasteiger charge is -2.20. The van der Waals surface area contributed by atoms with Gasteiger partial charge < -0.3 is 15.6 Å². The number of nitrogens with zero attached hydrogens (tertiary/aromatic N) is 2. The van der Waals surface area contributed by atoms with Gasteiger partial charge in [-0.3, -0.25) is 0 Å². The predicted molar refractivity (Wildman–Crippen MR) is 83.7 cm³/mol. The minimum Gasteiger partial charge on any atom is -0.399 e. The number of fused-ring (bicyclic) bond motifs is 1. The van der Waals surface area contributed by atoms with E-state index in [0.717, 1.165) is 41.4 Å². The molecule has 1 heterocycles. The van der Waals surface area contributed by atoms with Crippen molar-refractivity contribution in [2.75, 3.05) is 25.9 Å². The van der Waals surface area contributed by atoms with Gasteiger partial charge in [-0.05, 0) is 44.0 Å². The van der Waals surface area contributed by atoms with Crippen LogP contribution in [-0.4, -0.2) is 35.0 Å². The van der Waals surface area contributed by atoms with Crippen molar-refractivity contribution in [2.45, 2.75) is 32.1 Å². The van der Waals surface area contributed by atoms with Crippen molar-refractivity contribution >= 4 is 16.7 Å². The topological polar surface area (TPSA) is 57.9 Å². The zero-order valence-electron chi connectivity index (χ0n) is 12.2. The van der Waals surface area contributed by atoms with Crippen molar-refractivity contribution in [3.05, 3.63) is 24.0 Å². The first kappa shape index (κ1) is 13.4. The number of imidazole rings is 1. The van der Waals surface area contributed by atoms with Crippen LogP contribution in [0.1, 0.15) is 31.5 Å². The lowest BCUT2D eigenvalue weighted by Crippen LogP contribution is -2.26. The number of aromatic amines is 1. The minimum atomic E-state index is 0.783. The van der Waals surface area contributed by atoms with Crippen LogP contribution in [0.4, 0.5) is 5.69 Å². The largest absolute Gasteiger partial charge is 0.399 e. The third-order valence-corrected chi connectivity index (χ3v) is 4.33. The average Bonchev–Trinajstić information content (AvgIpc) is 3.04. The zero-order valence-corrected chi connectivity index (χ0v) is 12.2. The van der Waals surface area contributed by atoms with E-state index in [1.165, 1.54) is 32.2 Å². The summed E-state index contributed by atoms with van der Waals surface area (Å²) in [5, 5.41) is 0. The van der Waals surface area contributed by atoms with Crippen LogP contribution in [0, 0.1) is 5.92 Å². The maximum Gasteiger partial charge on any atom is 0.108 e. The number of likely N-dealkylation sites (N-methyl/N-ethyl adjacent to an activating group) is 1.